The third kappa shape index (κ3) is 5.05. The van der Waals surface area contributed by atoms with Gasteiger partial charge in [0.1, 0.15) is 23.0 Å². The number of phenols is 1. The van der Waals surface area contributed by atoms with Crippen molar-refractivity contribution in [1.82, 2.24) is 0 Å². The molecule has 0 fully saturated rings. The van der Waals surface area contributed by atoms with Crippen LogP contribution in [0.2, 0.25) is 0 Å². The molecular formula is C27H30F2O4. The van der Waals surface area contributed by atoms with Crippen LogP contribution in [-0.2, 0) is 24.0 Å². The van der Waals surface area contributed by atoms with Gasteiger partial charge in [-0.2, -0.15) is 0 Å². The Morgan fingerprint density at radius 2 is 1.61 bits per heavy atom. The minimum atomic E-state index is -0.980. The summed E-state index contributed by atoms with van der Waals surface area (Å²) in [6, 6.07) is 3.56. The molecule has 0 atom stereocenters. The summed E-state index contributed by atoms with van der Waals surface area (Å²) in [5, 5.41) is 11.3. The van der Waals surface area contributed by atoms with E-state index in [4.69, 9.17) is 14.2 Å². The van der Waals surface area contributed by atoms with Gasteiger partial charge >= 0.3 is 0 Å². The first kappa shape index (κ1) is 24.4. The molecular weight excluding hydrogens is 426 g/mol. The largest absolute Gasteiger partial charge is 0.507 e. The van der Waals surface area contributed by atoms with Crippen LogP contribution in [0.5, 0.6) is 17.2 Å². The molecule has 2 aromatic carbocycles. The predicted octanol–water partition coefficient (Wildman–Crippen LogP) is 6.65. The molecule has 1 aliphatic rings. The van der Waals surface area contributed by atoms with Gasteiger partial charge in [-0.15, -0.1) is 0 Å². The summed E-state index contributed by atoms with van der Waals surface area (Å²) in [7, 11) is 3.06. The van der Waals surface area contributed by atoms with Crippen molar-refractivity contribution in [2.75, 3.05) is 14.2 Å². The van der Waals surface area contributed by atoms with Crippen molar-refractivity contribution in [2.24, 2.45) is 0 Å². The van der Waals surface area contributed by atoms with E-state index in [0.29, 0.717) is 53.2 Å². The highest BCUT2D eigenvalue weighted by Gasteiger charge is 2.32. The molecule has 33 heavy (non-hydrogen) atoms. The zero-order valence-corrected chi connectivity index (χ0v) is 19.9. The maximum Gasteiger partial charge on any atom is 0.172 e. The Kier molecular flexibility index (Phi) is 7.46. The second-order valence-corrected chi connectivity index (χ2v) is 8.48. The Morgan fingerprint density at radius 3 is 2.15 bits per heavy atom. The van der Waals surface area contributed by atoms with E-state index in [0.717, 1.165) is 28.8 Å². The number of hydrogen-bond donors (Lipinski definition) is 1. The lowest BCUT2D eigenvalue weighted by molar-refractivity contribution is 0.263. The Morgan fingerprint density at radius 1 is 0.970 bits per heavy atom. The number of halogens is 2. The van der Waals surface area contributed by atoms with E-state index in [1.807, 2.05) is 39.8 Å². The summed E-state index contributed by atoms with van der Waals surface area (Å²) in [5.74, 6) is -0.108. The molecule has 1 aliphatic heterocycles. The summed E-state index contributed by atoms with van der Waals surface area (Å²) in [5.41, 5.74) is 4.58. The van der Waals surface area contributed by atoms with Crippen molar-refractivity contribution in [3.63, 3.8) is 0 Å². The SMILES string of the molecule is COC1=C(c2ccc(F)c(F)c2)Oc2c(CC=C(C)C)c(O)c(CC=C(C)C)c(OC)c2C1. The van der Waals surface area contributed by atoms with Crippen LogP contribution in [0.15, 0.2) is 47.3 Å². The molecule has 4 nitrogen and oxygen atoms in total. The van der Waals surface area contributed by atoms with E-state index in [-0.39, 0.29) is 11.5 Å². The van der Waals surface area contributed by atoms with Gasteiger partial charge in [-0.25, -0.2) is 8.78 Å². The number of aromatic hydroxyl groups is 1. The number of rotatable bonds is 7. The van der Waals surface area contributed by atoms with Crippen LogP contribution in [0.4, 0.5) is 8.78 Å². The quantitative estimate of drug-likeness (QED) is 0.474. The highest BCUT2D eigenvalue weighted by molar-refractivity contribution is 5.73. The molecule has 176 valence electrons. The van der Waals surface area contributed by atoms with Crippen LogP contribution in [0.1, 0.15) is 49.9 Å². The second kappa shape index (κ2) is 10.1. The van der Waals surface area contributed by atoms with Gasteiger partial charge in [0, 0.05) is 28.7 Å². The number of hydrogen-bond acceptors (Lipinski definition) is 4. The number of benzene rings is 2. The minimum Gasteiger partial charge on any atom is -0.507 e. The monoisotopic (exact) mass is 456 g/mol. The summed E-state index contributed by atoms with van der Waals surface area (Å²) < 4.78 is 45.1. The van der Waals surface area contributed by atoms with Crippen molar-refractivity contribution in [3.05, 3.63) is 81.1 Å². The van der Waals surface area contributed by atoms with Gasteiger partial charge in [0.05, 0.1) is 14.2 Å². The highest BCUT2D eigenvalue weighted by Crippen LogP contribution is 2.49. The van der Waals surface area contributed by atoms with E-state index in [1.165, 1.54) is 13.2 Å². The molecule has 3 rings (SSSR count). The van der Waals surface area contributed by atoms with E-state index in [9.17, 15) is 13.9 Å². The lowest BCUT2D eigenvalue weighted by atomic mass is 9.91. The van der Waals surface area contributed by atoms with E-state index >= 15 is 0 Å². The fourth-order valence-electron chi connectivity index (χ4n) is 3.81. The van der Waals surface area contributed by atoms with Crippen molar-refractivity contribution < 1.29 is 28.1 Å². The first-order valence-corrected chi connectivity index (χ1v) is 10.8. The Bertz CT molecular complexity index is 1150. The van der Waals surface area contributed by atoms with Gasteiger partial charge in [-0.3, -0.25) is 0 Å². The van der Waals surface area contributed by atoms with Crippen LogP contribution >= 0.6 is 0 Å². The molecule has 0 radical (unpaired) electrons. The molecule has 2 aromatic rings. The molecule has 0 aromatic heterocycles. The number of phenolic OH excluding ortho intramolecular Hbond substituents is 1. The first-order valence-electron chi connectivity index (χ1n) is 10.8. The van der Waals surface area contributed by atoms with Crippen LogP contribution in [0.25, 0.3) is 5.76 Å². The summed E-state index contributed by atoms with van der Waals surface area (Å²) in [4.78, 5) is 0. The fourth-order valence-corrected chi connectivity index (χ4v) is 3.81. The lowest BCUT2D eigenvalue weighted by Gasteiger charge is -2.28. The molecule has 0 unspecified atom stereocenters. The number of fused-ring (bicyclic) bond motifs is 1. The van der Waals surface area contributed by atoms with Gasteiger partial charge in [-0.1, -0.05) is 23.3 Å². The molecule has 0 aliphatic carbocycles. The summed E-state index contributed by atoms with van der Waals surface area (Å²) >= 11 is 0. The lowest BCUT2D eigenvalue weighted by Crippen LogP contribution is -2.15. The fraction of sp³-hybridized carbons (Fsp3) is 0.333. The van der Waals surface area contributed by atoms with Crippen molar-refractivity contribution in [1.29, 1.82) is 0 Å². The van der Waals surface area contributed by atoms with Gasteiger partial charge < -0.3 is 19.3 Å². The third-order valence-electron chi connectivity index (χ3n) is 5.52. The van der Waals surface area contributed by atoms with E-state index in [1.54, 1.807) is 7.11 Å². The Labute approximate surface area is 193 Å². The van der Waals surface area contributed by atoms with Crippen molar-refractivity contribution in [2.45, 2.75) is 47.0 Å². The normalized spacial score (nSPS) is 12.6. The third-order valence-corrected chi connectivity index (χ3v) is 5.52. The molecule has 0 saturated carbocycles. The Balaban J connectivity index is 2.25. The van der Waals surface area contributed by atoms with E-state index in [2.05, 4.69) is 0 Å². The predicted molar refractivity (Wildman–Crippen MR) is 126 cm³/mol. The maximum atomic E-state index is 14.0. The molecule has 0 amide bonds. The average Bonchev–Trinajstić information content (AvgIpc) is 2.77. The molecule has 0 spiro atoms. The number of methoxy groups -OCH3 is 2. The van der Waals surface area contributed by atoms with E-state index < -0.39 is 11.6 Å². The number of ether oxygens (including phenoxy) is 3. The smallest absolute Gasteiger partial charge is 0.172 e. The minimum absolute atomic E-state index is 0.103. The van der Waals surface area contributed by atoms with Crippen LogP contribution in [0, 0.1) is 11.6 Å². The summed E-state index contributed by atoms with van der Waals surface area (Å²) in [6.45, 7) is 7.95. The summed E-state index contributed by atoms with van der Waals surface area (Å²) in [6.07, 6.45) is 5.28. The van der Waals surface area contributed by atoms with Crippen LogP contribution < -0.4 is 9.47 Å². The zero-order chi connectivity index (χ0) is 24.3. The van der Waals surface area contributed by atoms with Gasteiger partial charge in [0.15, 0.2) is 17.4 Å². The van der Waals surface area contributed by atoms with Crippen LogP contribution in [0.3, 0.4) is 0 Å². The number of allylic oxidation sites excluding steroid dienone is 5. The molecule has 0 bridgehead atoms. The second-order valence-electron chi connectivity index (χ2n) is 8.48. The average molecular weight is 457 g/mol. The topological polar surface area (TPSA) is 47.9 Å². The van der Waals surface area contributed by atoms with Gasteiger partial charge in [0.2, 0.25) is 0 Å². The zero-order valence-electron chi connectivity index (χ0n) is 19.9. The molecule has 0 saturated heterocycles. The molecule has 1 N–H and O–H groups in total. The first-order chi connectivity index (χ1) is 15.7. The van der Waals surface area contributed by atoms with Crippen LogP contribution in [-0.4, -0.2) is 19.3 Å². The molecule has 6 heteroatoms. The molecule has 1 heterocycles. The van der Waals surface area contributed by atoms with Gasteiger partial charge in [0.25, 0.3) is 0 Å². The van der Waals surface area contributed by atoms with Crippen molar-refractivity contribution >= 4 is 5.76 Å². The maximum absolute atomic E-state index is 14.0. The Hall–Kier alpha value is -3.28. The van der Waals surface area contributed by atoms with Gasteiger partial charge in [-0.05, 0) is 58.7 Å². The van der Waals surface area contributed by atoms with Crippen molar-refractivity contribution in [3.8, 4) is 17.2 Å². The highest BCUT2D eigenvalue weighted by atomic mass is 19.2. The standard InChI is InChI=1S/C27H30F2O4/c1-15(2)7-10-18-24(30)19(11-8-16(3)4)27-20(26(18)32-6)14-23(31-5)25(33-27)17-9-12-21(28)22(29)13-17/h7-9,12-13,30H,10-11,14H2,1-6H3.